The maximum absolute atomic E-state index is 13.2. The van der Waals surface area contributed by atoms with Gasteiger partial charge >= 0.3 is 0 Å². The minimum atomic E-state index is -0.169. The Labute approximate surface area is 114 Å². The van der Waals surface area contributed by atoms with Crippen LogP contribution in [-0.4, -0.2) is 18.7 Å². The van der Waals surface area contributed by atoms with Crippen molar-refractivity contribution >= 4 is 0 Å². The van der Waals surface area contributed by atoms with Crippen molar-refractivity contribution in [2.24, 2.45) is 5.41 Å². The molecule has 0 spiro atoms. The summed E-state index contributed by atoms with van der Waals surface area (Å²) in [5.41, 5.74) is 1.23. The normalized spacial score (nSPS) is 22.2. The maximum atomic E-state index is 13.2. The summed E-state index contributed by atoms with van der Waals surface area (Å²) in [7, 11) is 0. The van der Waals surface area contributed by atoms with Crippen molar-refractivity contribution in [1.29, 1.82) is 0 Å². The van der Waals surface area contributed by atoms with Gasteiger partial charge in [-0.05, 0) is 42.9 Å². The van der Waals surface area contributed by atoms with E-state index in [-0.39, 0.29) is 17.3 Å². The topological polar surface area (TPSA) is 21.3 Å². The zero-order chi connectivity index (χ0) is 13.5. The van der Waals surface area contributed by atoms with Crippen molar-refractivity contribution in [3.63, 3.8) is 0 Å². The fourth-order valence-corrected chi connectivity index (χ4v) is 2.80. The van der Waals surface area contributed by atoms with Gasteiger partial charge in [0.2, 0.25) is 0 Å². The highest BCUT2D eigenvalue weighted by Crippen LogP contribution is 2.35. The Hall–Kier alpha value is -1.09. The van der Waals surface area contributed by atoms with Crippen LogP contribution in [-0.2, 0) is 6.42 Å². The van der Waals surface area contributed by atoms with E-state index in [1.807, 2.05) is 0 Å². The minimum absolute atomic E-state index is 0.169. The van der Waals surface area contributed by atoms with Crippen molar-refractivity contribution in [2.75, 3.05) is 6.54 Å². The first-order valence-corrected chi connectivity index (χ1v) is 7.20. The average molecular weight is 263 g/mol. The lowest BCUT2D eigenvalue weighted by molar-refractivity contribution is 0.154. The molecule has 0 bridgehead atoms. The summed E-state index contributed by atoms with van der Waals surface area (Å²) in [6.45, 7) is 5.58. The maximum Gasteiger partial charge on any atom is 0.123 e. The number of hydrogen-bond acceptors (Lipinski definition) is 2. The van der Waals surface area contributed by atoms with E-state index < -0.39 is 0 Å². The number of halogens is 1. The Morgan fingerprint density at radius 3 is 2.89 bits per heavy atom. The number of nitrogens with one attached hydrogen (secondary N) is 1. The number of fused-ring (bicyclic) bond motifs is 1. The monoisotopic (exact) mass is 263 g/mol. The number of benzene rings is 1. The molecule has 0 aromatic heterocycles. The van der Waals surface area contributed by atoms with Gasteiger partial charge in [0.1, 0.15) is 17.7 Å². The van der Waals surface area contributed by atoms with Crippen LogP contribution in [0.3, 0.4) is 0 Å². The largest absolute Gasteiger partial charge is 0.490 e. The van der Waals surface area contributed by atoms with Crippen molar-refractivity contribution in [3.05, 3.63) is 29.6 Å². The fraction of sp³-hybridized carbons (Fsp3) is 0.625. The molecule has 1 unspecified atom stereocenters. The molecule has 1 aromatic carbocycles. The highest BCUT2D eigenvalue weighted by molar-refractivity contribution is 5.37. The smallest absolute Gasteiger partial charge is 0.123 e. The quantitative estimate of drug-likeness (QED) is 0.880. The van der Waals surface area contributed by atoms with Crippen molar-refractivity contribution in [3.8, 4) is 5.75 Å². The van der Waals surface area contributed by atoms with Gasteiger partial charge in [-0.2, -0.15) is 0 Å². The molecule has 1 heterocycles. The Morgan fingerprint density at radius 1 is 1.37 bits per heavy atom. The summed E-state index contributed by atoms with van der Waals surface area (Å²) in [6.07, 6.45) is 4.66. The first kappa shape index (κ1) is 12.9. The van der Waals surface area contributed by atoms with Crippen LogP contribution < -0.4 is 10.1 Å². The average Bonchev–Trinajstić information content (AvgIpc) is 3.07. The molecule has 104 valence electrons. The van der Waals surface area contributed by atoms with E-state index in [0.29, 0.717) is 0 Å². The second-order valence-electron chi connectivity index (χ2n) is 6.72. The minimum Gasteiger partial charge on any atom is -0.490 e. The Balaban J connectivity index is 1.56. The Kier molecular flexibility index (Phi) is 3.25. The summed E-state index contributed by atoms with van der Waals surface area (Å²) >= 11 is 0. The molecule has 3 rings (SSSR count). The number of ether oxygens (including phenoxy) is 1. The summed E-state index contributed by atoms with van der Waals surface area (Å²) in [5.74, 6) is 0.690. The lowest BCUT2D eigenvalue weighted by Crippen LogP contribution is -2.34. The Bertz CT molecular complexity index is 468. The number of rotatable bonds is 5. The molecule has 0 saturated heterocycles. The fourth-order valence-electron chi connectivity index (χ4n) is 2.80. The second-order valence-corrected chi connectivity index (χ2v) is 6.72. The molecule has 1 aliphatic heterocycles. The third kappa shape index (κ3) is 3.27. The van der Waals surface area contributed by atoms with Gasteiger partial charge < -0.3 is 10.1 Å². The molecule has 19 heavy (non-hydrogen) atoms. The zero-order valence-corrected chi connectivity index (χ0v) is 11.7. The summed E-state index contributed by atoms with van der Waals surface area (Å²) in [6, 6.07) is 5.57. The standard InChI is InChI=1S/C16H22FNO/c1-16(2,10-18-13-4-5-13)9-14-8-11-7-12(17)3-6-15(11)19-14/h3,6-7,13-14,18H,4-5,8-10H2,1-2H3. The van der Waals surface area contributed by atoms with Gasteiger partial charge in [-0.3, -0.25) is 0 Å². The summed E-state index contributed by atoms with van der Waals surface area (Å²) in [4.78, 5) is 0. The van der Waals surface area contributed by atoms with Crippen molar-refractivity contribution in [2.45, 2.75) is 51.7 Å². The molecule has 1 saturated carbocycles. The van der Waals surface area contributed by atoms with Gasteiger partial charge in [-0.25, -0.2) is 4.39 Å². The third-order valence-corrected chi connectivity index (χ3v) is 3.99. The first-order valence-electron chi connectivity index (χ1n) is 7.20. The molecule has 0 radical (unpaired) electrons. The molecule has 1 aromatic rings. The predicted octanol–water partition coefficient (Wildman–Crippen LogP) is 3.30. The molecule has 1 atom stereocenters. The SMILES string of the molecule is CC(C)(CNC1CC1)CC1Cc2cc(F)ccc2O1. The molecule has 0 amide bonds. The van der Waals surface area contributed by atoms with Gasteiger partial charge in [0, 0.05) is 24.6 Å². The summed E-state index contributed by atoms with van der Waals surface area (Å²) < 4.78 is 19.1. The Morgan fingerprint density at radius 2 is 2.16 bits per heavy atom. The van der Waals surface area contributed by atoms with E-state index in [4.69, 9.17) is 4.74 Å². The van der Waals surface area contributed by atoms with Crippen molar-refractivity contribution < 1.29 is 9.13 Å². The van der Waals surface area contributed by atoms with Gasteiger partial charge in [-0.1, -0.05) is 13.8 Å². The molecule has 1 aliphatic carbocycles. The van der Waals surface area contributed by atoms with Crippen LogP contribution in [0.15, 0.2) is 18.2 Å². The van der Waals surface area contributed by atoms with Gasteiger partial charge in [0.15, 0.2) is 0 Å². The molecule has 2 aliphatic rings. The highest BCUT2D eigenvalue weighted by Gasteiger charge is 2.31. The van der Waals surface area contributed by atoms with Crippen LogP contribution in [0.1, 0.15) is 38.7 Å². The van der Waals surface area contributed by atoms with E-state index in [1.165, 1.54) is 18.9 Å². The third-order valence-electron chi connectivity index (χ3n) is 3.99. The first-order chi connectivity index (χ1) is 9.02. The molecule has 2 nitrogen and oxygen atoms in total. The van der Waals surface area contributed by atoms with E-state index in [2.05, 4.69) is 19.2 Å². The highest BCUT2D eigenvalue weighted by atomic mass is 19.1. The molecular formula is C16H22FNO. The van der Waals surface area contributed by atoms with E-state index in [1.54, 1.807) is 12.1 Å². The van der Waals surface area contributed by atoms with Crippen LogP contribution >= 0.6 is 0 Å². The number of hydrogen-bond donors (Lipinski definition) is 1. The van der Waals surface area contributed by atoms with Crippen LogP contribution in [0.2, 0.25) is 0 Å². The summed E-state index contributed by atoms with van der Waals surface area (Å²) in [5, 5.41) is 3.59. The second kappa shape index (κ2) is 4.78. The zero-order valence-electron chi connectivity index (χ0n) is 11.7. The van der Waals surface area contributed by atoms with Crippen LogP contribution in [0.4, 0.5) is 4.39 Å². The van der Waals surface area contributed by atoms with Gasteiger partial charge in [-0.15, -0.1) is 0 Å². The van der Waals surface area contributed by atoms with Crippen LogP contribution in [0, 0.1) is 11.2 Å². The van der Waals surface area contributed by atoms with Gasteiger partial charge in [0.25, 0.3) is 0 Å². The van der Waals surface area contributed by atoms with E-state index in [0.717, 1.165) is 36.7 Å². The molecule has 3 heteroatoms. The predicted molar refractivity (Wildman–Crippen MR) is 73.9 cm³/mol. The lowest BCUT2D eigenvalue weighted by Gasteiger charge is -2.28. The van der Waals surface area contributed by atoms with E-state index >= 15 is 0 Å². The molecule has 1 N–H and O–H groups in total. The van der Waals surface area contributed by atoms with Crippen molar-refractivity contribution in [1.82, 2.24) is 5.32 Å². The van der Waals surface area contributed by atoms with Crippen LogP contribution in [0.5, 0.6) is 5.75 Å². The van der Waals surface area contributed by atoms with E-state index in [9.17, 15) is 4.39 Å². The van der Waals surface area contributed by atoms with Gasteiger partial charge in [0.05, 0.1) is 0 Å². The lowest BCUT2D eigenvalue weighted by atomic mass is 9.85. The molecule has 1 fully saturated rings. The van der Waals surface area contributed by atoms with Crippen LogP contribution in [0.25, 0.3) is 0 Å². The molecular weight excluding hydrogens is 241 g/mol.